The van der Waals surface area contributed by atoms with Crippen molar-refractivity contribution in [1.82, 2.24) is 25.2 Å². The molecule has 1 saturated heterocycles. The molecule has 2 heterocycles. The standard InChI is InChI=1S/C19H25N5O3/c1-14-6-3-4-8-16(14)19(26)23-10-5-7-15(12-23)24-13-17(21-22-24)18(25)20-9-11-27-2/h3-4,6,8,13,15H,5,7,9-12H2,1-2H3,(H,20,25)/t15-/m0/s1. The molecular weight excluding hydrogens is 346 g/mol. The first-order valence-electron chi connectivity index (χ1n) is 9.14. The number of carbonyl (C=O) groups is 2. The Hall–Kier alpha value is -2.74. The van der Waals surface area contributed by atoms with Crippen molar-refractivity contribution in [1.29, 1.82) is 0 Å². The largest absolute Gasteiger partial charge is 0.383 e. The van der Waals surface area contributed by atoms with Gasteiger partial charge in [-0.1, -0.05) is 23.4 Å². The number of ether oxygens (including phenoxy) is 1. The lowest BCUT2D eigenvalue weighted by Crippen LogP contribution is -2.41. The van der Waals surface area contributed by atoms with Gasteiger partial charge in [0.05, 0.1) is 18.8 Å². The molecule has 8 nitrogen and oxygen atoms in total. The monoisotopic (exact) mass is 371 g/mol. The summed E-state index contributed by atoms with van der Waals surface area (Å²) in [5, 5.41) is 10.8. The maximum absolute atomic E-state index is 12.9. The van der Waals surface area contributed by atoms with Crippen LogP contribution in [0.5, 0.6) is 0 Å². The zero-order valence-corrected chi connectivity index (χ0v) is 15.7. The Morgan fingerprint density at radius 3 is 2.93 bits per heavy atom. The first-order chi connectivity index (χ1) is 13.1. The molecule has 8 heteroatoms. The van der Waals surface area contributed by atoms with Gasteiger partial charge in [0.25, 0.3) is 11.8 Å². The van der Waals surface area contributed by atoms with Crippen molar-refractivity contribution in [2.75, 3.05) is 33.4 Å². The van der Waals surface area contributed by atoms with Crippen LogP contribution in [0.2, 0.25) is 0 Å². The zero-order valence-electron chi connectivity index (χ0n) is 15.7. The van der Waals surface area contributed by atoms with E-state index in [-0.39, 0.29) is 23.6 Å². The molecule has 1 aliphatic heterocycles. The molecule has 0 spiro atoms. The molecule has 2 aromatic rings. The highest BCUT2D eigenvalue weighted by Gasteiger charge is 2.27. The van der Waals surface area contributed by atoms with Gasteiger partial charge in [0.15, 0.2) is 5.69 Å². The number of rotatable bonds is 6. The minimum atomic E-state index is -0.276. The number of likely N-dealkylation sites (tertiary alicyclic amines) is 1. The van der Waals surface area contributed by atoms with Crippen LogP contribution >= 0.6 is 0 Å². The second-order valence-electron chi connectivity index (χ2n) is 6.69. The molecule has 144 valence electrons. The summed E-state index contributed by atoms with van der Waals surface area (Å²) in [5.74, 6) is -0.239. The van der Waals surface area contributed by atoms with E-state index in [2.05, 4.69) is 15.6 Å². The van der Waals surface area contributed by atoms with E-state index in [1.165, 1.54) is 0 Å². The zero-order chi connectivity index (χ0) is 19.2. The molecule has 1 N–H and O–H groups in total. The van der Waals surface area contributed by atoms with E-state index in [1.807, 2.05) is 36.1 Å². The van der Waals surface area contributed by atoms with E-state index in [4.69, 9.17) is 4.74 Å². The number of hydrogen-bond donors (Lipinski definition) is 1. The van der Waals surface area contributed by atoms with Crippen molar-refractivity contribution < 1.29 is 14.3 Å². The van der Waals surface area contributed by atoms with Gasteiger partial charge >= 0.3 is 0 Å². The highest BCUT2D eigenvalue weighted by Crippen LogP contribution is 2.23. The van der Waals surface area contributed by atoms with Gasteiger partial charge in [0, 0.05) is 32.3 Å². The van der Waals surface area contributed by atoms with Crippen LogP contribution in [0.1, 0.15) is 45.3 Å². The summed E-state index contributed by atoms with van der Waals surface area (Å²) in [6, 6.07) is 7.63. The molecule has 1 atom stereocenters. The third-order valence-corrected chi connectivity index (χ3v) is 4.77. The topological polar surface area (TPSA) is 89.4 Å². The van der Waals surface area contributed by atoms with E-state index < -0.39 is 0 Å². The van der Waals surface area contributed by atoms with Crippen molar-refractivity contribution in [3.05, 3.63) is 47.3 Å². The quantitative estimate of drug-likeness (QED) is 0.776. The molecule has 1 aromatic heterocycles. The van der Waals surface area contributed by atoms with Crippen LogP contribution in [0.3, 0.4) is 0 Å². The van der Waals surface area contributed by atoms with Gasteiger partial charge in [-0.2, -0.15) is 0 Å². The van der Waals surface area contributed by atoms with Gasteiger partial charge in [-0.3, -0.25) is 9.59 Å². The first-order valence-corrected chi connectivity index (χ1v) is 9.14. The smallest absolute Gasteiger partial charge is 0.273 e. The average molecular weight is 371 g/mol. The van der Waals surface area contributed by atoms with Crippen LogP contribution in [-0.2, 0) is 4.74 Å². The normalized spacial score (nSPS) is 17.0. The van der Waals surface area contributed by atoms with Gasteiger partial charge in [0.1, 0.15) is 0 Å². The van der Waals surface area contributed by atoms with Crippen molar-refractivity contribution in [3.8, 4) is 0 Å². The summed E-state index contributed by atoms with van der Waals surface area (Å²) in [7, 11) is 1.58. The third-order valence-electron chi connectivity index (χ3n) is 4.77. The molecule has 3 rings (SSSR count). The molecule has 0 bridgehead atoms. The Morgan fingerprint density at radius 2 is 2.15 bits per heavy atom. The number of piperidine rings is 1. The van der Waals surface area contributed by atoms with Gasteiger partial charge in [0.2, 0.25) is 0 Å². The van der Waals surface area contributed by atoms with Crippen LogP contribution in [-0.4, -0.2) is 65.1 Å². The Balaban J connectivity index is 1.65. The minimum absolute atomic E-state index is 0.0137. The molecule has 1 fully saturated rings. The summed E-state index contributed by atoms with van der Waals surface area (Å²) in [5.41, 5.74) is 1.98. The van der Waals surface area contributed by atoms with E-state index in [9.17, 15) is 9.59 Å². The van der Waals surface area contributed by atoms with Gasteiger partial charge in [-0.15, -0.1) is 5.10 Å². The van der Waals surface area contributed by atoms with E-state index >= 15 is 0 Å². The molecule has 0 radical (unpaired) electrons. The van der Waals surface area contributed by atoms with Crippen molar-refractivity contribution in [2.24, 2.45) is 0 Å². The summed E-state index contributed by atoms with van der Waals surface area (Å²) < 4.78 is 6.61. The molecule has 0 saturated carbocycles. The predicted molar refractivity (Wildman–Crippen MR) is 99.6 cm³/mol. The van der Waals surface area contributed by atoms with Crippen molar-refractivity contribution in [2.45, 2.75) is 25.8 Å². The average Bonchev–Trinajstić information content (AvgIpc) is 3.18. The lowest BCUT2D eigenvalue weighted by atomic mass is 10.0. The molecule has 27 heavy (non-hydrogen) atoms. The van der Waals surface area contributed by atoms with Crippen LogP contribution < -0.4 is 5.32 Å². The van der Waals surface area contributed by atoms with Gasteiger partial charge < -0.3 is 15.0 Å². The minimum Gasteiger partial charge on any atom is -0.383 e. The highest BCUT2D eigenvalue weighted by molar-refractivity contribution is 5.95. The van der Waals surface area contributed by atoms with Gasteiger partial charge in [-0.25, -0.2) is 4.68 Å². The fourth-order valence-corrected chi connectivity index (χ4v) is 3.25. The summed E-state index contributed by atoms with van der Waals surface area (Å²) in [6.45, 7) is 4.09. The predicted octanol–water partition coefficient (Wildman–Crippen LogP) is 1.44. The SMILES string of the molecule is COCCNC(=O)c1cn([C@H]2CCCN(C(=O)c3ccccc3C)C2)nn1. The van der Waals surface area contributed by atoms with E-state index in [1.54, 1.807) is 18.0 Å². The van der Waals surface area contributed by atoms with Gasteiger partial charge in [-0.05, 0) is 31.4 Å². The van der Waals surface area contributed by atoms with Crippen LogP contribution in [0, 0.1) is 6.92 Å². The number of hydrogen-bond acceptors (Lipinski definition) is 5. The molecule has 0 aliphatic carbocycles. The summed E-state index contributed by atoms with van der Waals surface area (Å²) in [4.78, 5) is 26.8. The van der Waals surface area contributed by atoms with Crippen LogP contribution in [0.25, 0.3) is 0 Å². The number of carbonyl (C=O) groups excluding carboxylic acids is 2. The third kappa shape index (κ3) is 4.51. The van der Waals surface area contributed by atoms with Crippen LogP contribution in [0.4, 0.5) is 0 Å². The molecule has 2 amide bonds. The summed E-state index contributed by atoms with van der Waals surface area (Å²) in [6.07, 6.45) is 3.43. The Kier molecular flexibility index (Phi) is 6.18. The van der Waals surface area contributed by atoms with Crippen LogP contribution in [0.15, 0.2) is 30.5 Å². The number of nitrogens with zero attached hydrogens (tertiary/aromatic N) is 4. The summed E-state index contributed by atoms with van der Waals surface area (Å²) >= 11 is 0. The number of methoxy groups -OCH3 is 1. The maximum Gasteiger partial charge on any atom is 0.273 e. The molecule has 1 aliphatic rings. The molecule has 0 unspecified atom stereocenters. The maximum atomic E-state index is 12.9. The second kappa shape index (κ2) is 8.77. The van der Waals surface area contributed by atoms with Crippen molar-refractivity contribution >= 4 is 11.8 Å². The Labute approximate surface area is 158 Å². The lowest BCUT2D eigenvalue weighted by molar-refractivity contribution is 0.0670. The number of aryl methyl sites for hydroxylation is 1. The van der Waals surface area contributed by atoms with E-state index in [0.29, 0.717) is 19.7 Å². The fraction of sp³-hybridized carbons (Fsp3) is 0.474. The number of nitrogens with one attached hydrogen (secondary N) is 1. The van der Waals surface area contributed by atoms with Crippen molar-refractivity contribution in [3.63, 3.8) is 0 Å². The molecule has 1 aromatic carbocycles. The Bertz CT molecular complexity index is 804. The second-order valence-corrected chi connectivity index (χ2v) is 6.69. The number of benzene rings is 1. The number of aromatic nitrogens is 3. The molecular formula is C19H25N5O3. The fourth-order valence-electron chi connectivity index (χ4n) is 3.25. The highest BCUT2D eigenvalue weighted by atomic mass is 16.5. The first kappa shape index (κ1) is 19.0. The van der Waals surface area contributed by atoms with E-state index in [0.717, 1.165) is 30.5 Å². The lowest BCUT2D eigenvalue weighted by Gasteiger charge is -2.33. The Morgan fingerprint density at radius 1 is 1.33 bits per heavy atom. The number of amides is 2.